The molecule has 0 aliphatic rings. The molecule has 2 nitrogen and oxygen atoms in total. The topological polar surface area (TPSA) is 32.3 Å². The standard InChI is InChI=1S/C18H14O2S2/c19-22(21-16-11-5-2-6-12-16)18-14-8-7-13-17(18)20-15-9-3-1-4-10-15/h1-14H. The first kappa shape index (κ1) is 15.0. The maximum Gasteiger partial charge on any atom is 0.208 e. The summed E-state index contributed by atoms with van der Waals surface area (Å²) >= 11 is 0. The summed E-state index contributed by atoms with van der Waals surface area (Å²) in [5.41, 5.74) is 0. The van der Waals surface area contributed by atoms with Crippen molar-refractivity contribution in [3.8, 4) is 11.5 Å². The van der Waals surface area contributed by atoms with Crippen LogP contribution in [0.1, 0.15) is 0 Å². The van der Waals surface area contributed by atoms with Gasteiger partial charge in [0, 0.05) is 0 Å². The molecule has 0 aromatic heterocycles. The van der Waals surface area contributed by atoms with Gasteiger partial charge in [-0.1, -0.05) is 48.5 Å². The van der Waals surface area contributed by atoms with Gasteiger partial charge < -0.3 is 9.29 Å². The van der Waals surface area contributed by atoms with E-state index in [1.807, 2.05) is 84.9 Å². The predicted molar refractivity (Wildman–Crippen MR) is 91.7 cm³/mol. The normalized spacial score (nSPS) is 11.9. The van der Waals surface area contributed by atoms with Gasteiger partial charge in [0.05, 0.1) is 15.1 Å². The zero-order valence-corrected chi connectivity index (χ0v) is 13.3. The average molecular weight is 326 g/mol. The monoisotopic (exact) mass is 326 g/mol. The first-order valence-corrected chi connectivity index (χ1v) is 9.28. The molecule has 4 heteroatoms. The molecule has 0 radical (unpaired) electrons. The zero-order valence-electron chi connectivity index (χ0n) is 11.7. The highest BCUT2D eigenvalue weighted by atomic mass is 33.1. The van der Waals surface area contributed by atoms with Crippen LogP contribution in [0.5, 0.6) is 11.5 Å². The zero-order chi connectivity index (χ0) is 15.2. The van der Waals surface area contributed by atoms with E-state index in [4.69, 9.17) is 4.74 Å². The van der Waals surface area contributed by atoms with E-state index in [0.717, 1.165) is 10.6 Å². The highest BCUT2D eigenvalue weighted by Gasteiger charge is 2.20. The molecule has 1 unspecified atom stereocenters. The highest BCUT2D eigenvalue weighted by Crippen LogP contribution is 2.37. The summed E-state index contributed by atoms with van der Waals surface area (Å²) in [5.74, 6) is 1.35. The largest absolute Gasteiger partial charge is 0.600 e. The van der Waals surface area contributed by atoms with Crippen molar-refractivity contribution in [1.29, 1.82) is 0 Å². The van der Waals surface area contributed by atoms with Crippen molar-refractivity contribution in [2.75, 3.05) is 0 Å². The number of para-hydroxylation sites is 2. The Morgan fingerprint density at radius 3 is 2.05 bits per heavy atom. The summed E-state index contributed by atoms with van der Waals surface area (Å²) in [4.78, 5) is 1.65. The third kappa shape index (κ3) is 3.85. The van der Waals surface area contributed by atoms with E-state index < -0.39 is 10.2 Å². The fourth-order valence-electron chi connectivity index (χ4n) is 1.90. The fourth-order valence-corrected chi connectivity index (χ4v) is 4.43. The SMILES string of the molecule is [O-][S+](Sc1ccccc1)c1ccccc1Oc1ccccc1. The van der Waals surface area contributed by atoms with Gasteiger partial charge in [-0.25, -0.2) is 0 Å². The van der Waals surface area contributed by atoms with E-state index in [1.54, 1.807) is 0 Å². The van der Waals surface area contributed by atoms with Gasteiger partial charge in [0.15, 0.2) is 5.75 Å². The van der Waals surface area contributed by atoms with Gasteiger partial charge in [-0.3, -0.25) is 0 Å². The van der Waals surface area contributed by atoms with Crippen molar-refractivity contribution in [1.82, 2.24) is 0 Å². The average Bonchev–Trinajstić information content (AvgIpc) is 2.57. The molecule has 0 spiro atoms. The van der Waals surface area contributed by atoms with Crippen LogP contribution in [0.15, 0.2) is 94.7 Å². The maximum absolute atomic E-state index is 12.6. The van der Waals surface area contributed by atoms with Gasteiger partial charge >= 0.3 is 0 Å². The maximum atomic E-state index is 12.6. The molecule has 3 aromatic rings. The Balaban J connectivity index is 1.81. The Hall–Kier alpha value is -1.88. The molecule has 3 aromatic carbocycles. The minimum atomic E-state index is -1.23. The minimum absolute atomic E-state index is 0.621. The molecule has 0 N–H and O–H groups in total. The molecular formula is C18H14O2S2. The number of ether oxygens (including phenoxy) is 1. The summed E-state index contributed by atoms with van der Waals surface area (Å²) in [6, 6.07) is 26.7. The van der Waals surface area contributed by atoms with Gasteiger partial charge in [0.25, 0.3) is 0 Å². The quantitative estimate of drug-likeness (QED) is 0.471. The van der Waals surface area contributed by atoms with Crippen molar-refractivity contribution in [3.05, 3.63) is 84.9 Å². The Kier molecular flexibility index (Phi) is 5.06. The van der Waals surface area contributed by atoms with E-state index in [9.17, 15) is 4.55 Å². The first-order chi connectivity index (χ1) is 10.8. The van der Waals surface area contributed by atoms with Gasteiger partial charge in [-0.2, -0.15) is 0 Å². The molecule has 1 atom stereocenters. The molecule has 0 saturated heterocycles. The van der Waals surface area contributed by atoms with Crippen molar-refractivity contribution in [2.24, 2.45) is 0 Å². The Bertz CT molecular complexity index is 717. The van der Waals surface area contributed by atoms with Crippen molar-refractivity contribution in [3.63, 3.8) is 0 Å². The fraction of sp³-hybridized carbons (Fsp3) is 0. The lowest BCUT2D eigenvalue weighted by molar-refractivity contribution is 0.468. The molecule has 0 saturated carbocycles. The number of hydrogen-bond acceptors (Lipinski definition) is 3. The summed E-state index contributed by atoms with van der Waals surface area (Å²) in [7, 11) is 0.0857. The van der Waals surface area contributed by atoms with Crippen LogP contribution < -0.4 is 4.74 Å². The smallest absolute Gasteiger partial charge is 0.208 e. The van der Waals surface area contributed by atoms with Crippen molar-refractivity contribution >= 4 is 21.0 Å². The minimum Gasteiger partial charge on any atom is -0.600 e. The molecule has 0 fully saturated rings. The summed E-state index contributed by atoms with van der Waals surface area (Å²) in [6.45, 7) is 0. The Morgan fingerprint density at radius 2 is 1.32 bits per heavy atom. The van der Waals surface area contributed by atoms with Crippen molar-refractivity contribution in [2.45, 2.75) is 9.79 Å². The second-order valence-corrected chi connectivity index (χ2v) is 7.45. The molecule has 0 aliphatic heterocycles. The predicted octanol–water partition coefficient (Wildman–Crippen LogP) is 5.29. The van der Waals surface area contributed by atoms with Crippen molar-refractivity contribution < 1.29 is 9.29 Å². The lowest BCUT2D eigenvalue weighted by atomic mass is 10.3. The van der Waals surface area contributed by atoms with E-state index in [1.165, 1.54) is 10.8 Å². The van der Waals surface area contributed by atoms with Crippen LogP contribution in [-0.4, -0.2) is 4.55 Å². The van der Waals surface area contributed by atoms with E-state index >= 15 is 0 Å². The van der Waals surface area contributed by atoms with Gasteiger partial charge in [-0.05, 0) is 36.4 Å². The second-order valence-electron chi connectivity index (χ2n) is 4.49. The van der Waals surface area contributed by atoms with Crippen LogP contribution in [-0.2, 0) is 10.2 Å². The van der Waals surface area contributed by atoms with Crippen LogP contribution in [0.4, 0.5) is 0 Å². The highest BCUT2D eigenvalue weighted by molar-refractivity contribution is 8.72. The van der Waals surface area contributed by atoms with Crippen LogP contribution in [0.3, 0.4) is 0 Å². The third-order valence-electron chi connectivity index (χ3n) is 2.91. The molecule has 0 bridgehead atoms. The number of rotatable bonds is 5. The van der Waals surface area contributed by atoms with Crippen LogP contribution in [0.2, 0.25) is 0 Å². The summed E-state index contributed by atoms with van der Waals surface area (Å²) in [5, 5.41) is 0. The van der Waals surface area contributed by atoms with Crippen LogP contribution >= 0.6 is 10.8 Å². The van der Waals surface area contributed by atoms with Gasteiger partial charge in [-0.15, -0.1) is 0 Å². The lowest BCUT2D eigenvalue weighted by Gasteiger charge is -2.12. The van der Waals surface area contributed by atoms with E-state index in [2.05, 4.69) is 0 Å². The third-order valence-corrected chi connectivity index (χ3v) is 5.80. The molecule has 22 heavy (non-hydrogen) atoms. The summed E-state index contributed by atoms with van der Waals surface area (Å²) in [6.07, 6.45) is 0. The lowest BCUT2D eigenvalue weighted by Crippen LogP contribution is -1.98. The molecule has 0 heterocycles. The molecule has 0 amide bonds. The van der Waals surface area contributed by atoms with E-state index in [0.29, 0.717) is 10.6 Å². The first-order valence-electron chi connectivity index (χ1n) is 6.80. The second kappa shape index (κ2) is 7.40. The van der Waals surface area contributed by atoms with Gasteiger partial charge in [0.1, 0.15) is 16.5 Å². The molecule has 110 valence electrons. The van der Waals surface area contributed by atoms with Crippen LogP contribution in [0.25, 0.3) is 0 Å². The Labute approximate surface area is 136 Å². The number of hydrogen-bond donors (Lipinski definition) is 0. The Morgan fingerprint density at radius 1 is 0.727 bits per heavy atom. The molecule has 0 aliphatic carbocycles. The van der Waals surface area contributed by atoms with E-state index in [-0.39, 0.29) is 0 Å². The molecule has 3 rings (SSSR count). The number of benzene rings is 3. The molecular weight excluding hydrogens is 312 g/mol. The van der Waals surface area contributed by atoms with Gasteiger partial charge in [0.2, 0.25) is 4.90 Å². The summed E-state index contributed by atoms with van der Waals surface area (Å²) < 4.78 is 18.5. The van der Waals surface area contributed by atoms with Crippen LogP contribution in [0, 0.1) is 0 Å².